The molecule has 1 aliphatic rings. The van der Waals surface area contributed by atoms with Crippen molar-refractivity contribution in [2.24, 2.45) is 0 Å². The van der Waals surface area contributed by atoms with Crippen molar-refractivity contribution in [3.8, 4) is 5.75 Å². The molecule has 0 amide bonds. The predicted octanol–water partition coefficient (Wildman–Crippen LogP) is 2.99. The molecule has 0 aromatic carbocycles. The Morgan fingerprint density at radius 3 is 2.57 bits per heavy atom. The second-order valence-electron chi connectivity index (χ2n) is 6.09. The first-order chi connectivity index (χ1) is 9.85. The Labute approximate surface area is 133 Å². The van der Waals surface area contributed by atoms with Gasteiger partial charge < -0.3 is 9.47 Å². The van der Waals surface area contributed by atoms with Gasteiger partial charge in [-0.1, -0.05) is 0 Å². The van der Waals surface area contributed by atoms with Gasteiger partial charge in [0.2, 0.25) is 0 Å². The van der Waals surface area contributed by atoms with E-state index in [1.165, 1.54) is 0 Å². The summed E-state index contributed by atoms with van der Waals surface area (Å²) in [6.45, 7) is 7.24. The molecule has 0 bridgehead atoms. The lowest BCUT2D eigenvalue weighted by atomic mass is 10.2. The first kappa shape index (κ1) is 16.2. The number of ether oxygens (including phenoxy) is 2. The smallest absolute Gasteiger partial charge is 0.363 e. The third-order valence-corrected chi connectivity index (χ3v) is 3.44. The van der Waals surface area contributed by atoms with Gasteiger partial charge in [0.15, 0.2) is 0 Å². The fraction of sp³-hybridized carbons (Fsp3) is 0.600. The molecule has 2 heterocycles. The minimum atomic E-state index is -0.720. The SMILES string of the molecule is CC(C)(C)OC(=O)C(Oc1cncc(Br)c1)N1CCCC1. The second-order valence-corrected chi connectivity index (χ2v) is 7.00. The van der Waals surface area contributed by atoms with Crippen LogP contribution in [0.4, 0.5) is 0 Å². The van der Waals surface area contributed by atoms with Crippen LogP contribution in [0, 0.1) is 0 Å². The molecule has 1 atom stereocenters. The molecule has 1 saturated heterocycles. The van der Waals surface area contributed by atoms with E-state index in [4.69, 9.17) is 9.47 Å². The van der Waals surface area contributed by atoms with Gasteiger partial charge in [-0.3, -0.25) is 9.88 Å². The molecule has 1 aromatic rings. The quantitative estimate of drug-likeness (QED) is 0.776. The van der Waals surface area contributed by atoms with E-state index in [0.29, 0.717) is 5.75 Å². The molecular formula is C15H21BrN2O3. The Bertz CT molecular complexity index is 496. The summed E-state index contributed by atoms with van der Waals surface area (Å²) in [7, 11) is 0. The fourth-order valence-electron chi connectivity index (χ4n) is 2.19. The summed E-state index contributed by atoms with van der Waals surface area (Å²) in [5.41, 5.74) is -0.534. The van der Waals surface area contributed by atoms with Crippen molar-refractivity contribution < 1.29 is 14.3 Å². The third kappa shape index (κ3) is 4.97. The Balaban J connectivity index is 2.13. The van der Waals surface area contributed by atoms with E-state index in [1.807, 2.05) is 25.7 Å². The molecule has 0 saturated carbocycles. The third-order valence-electron chi connectivity index (χ3n) is 3.01. The summed E-state index contributed by atoms with van der Waals surface area (Å²) in [6, 6.07) is 1.79. The lowest BCUT2D eigenvalue weighted by Crippen LogP contribution is -2.46. The van der Waals surface area contributed by atoms with Crippen LogP contribution in [0.25, 0.3) is 0 Å². The lowest BCUT2D eigenvalue weighted by molar-refractivity contribution is -0.172. The average molecular weight is 357 g/mol. The molecular weight excluding hydrogens is 336 g/mol. The molecule has 0 spiro atoms. The standard InChI is InChI=1S/C15H21BrN2O3/c1-15(2,3)21-14(19)13(18-6-4-5-7-18)20-12-8-11(16)9-17-10-12/h8-10,13H,4-7H2,1-3H3. The predicted molar refractivity (Wildman–Crippen MR) is 83.0 cm³/mol. The van der Waals surface area contributed by atoms with Gasteiger partial charge in [0, 0.05) is 23.8 Å². The molecule has 21 heavy (non-hydrogen) atoms. The molecule has 1 fully saturated rings. The maximum absolute atomic E-state index is 12.4. The molecule has 0 N–H and O–H groups in total. The number of aromatic nitrogens is 1. The van der Waals surface area contributed by atoms with Crippen molar-refractivity contribution in [3.63, 3.8) is 0 Å². The van der Waals surface area contributed by atoms with Gasteiger partial charge in [-0.25, -0.2) is 4.79 Å². The highest BCUT2D eigenvalue weighted by atomic mass is 79.9. The van der Waals surface area contributed by atoms with Gasteiger partial charge in [0.1, 0.15) is 11.4 Å². The Morgan fingerprint density at radius 1 is 1.33 bits per heavy atom. The van der Waals surface area contributed by atoms with E-state index in [2.05, 4.69) is 20.9 Å². The maximum atomic E-state index is 12.4. The summed E-state index contributed by atoms with van der Waals surface area (Å²) in [4.78, 5) is 18.5. The van der Waals surface area contributed by atoms with Crippen molar-refractivity contribution in [1.29, 1.82) is 0 Å². The van der Waals surface area contributed by atoms with Crippen molar-refractivity contribution in [3.05, 3.63) is 22.9 Å². The number of carbonyl (C=O) groups is 1. The van der Waals surface area contributed by atoms with Gasteiger partial charge in [-0.15, -0.1) is 0 Å². The normalized spacial score (nSPS) is 17.5. The van der Waals surface area contributed by atoms with Crippen molar-refractivity contribution in [2.45, 2.75) is 45.4 Å². The number of hydrogen-bond acceptors (Lipinski definition) is 5. The first-order valence-electron chi connectivity index (χ1n) is 7.09. The van der Waals surface area contributed by atoms with Crippen LogP contribution in [-0.2, 0) is 9.53 Å². The van der Waals surface area contributed by atoms with Gasteiger partial charge in [0.25, 0.3) is 6.23 Å². The van der Waals surface area contributed by atoms with E-state index < -0.39 is 11.8 Å². The van der Waals surface area contributed by atoms with E-state index in [0.717, 1.165) is 30.4 Å². The minimum absolute atomic E-state index is 0.357. The largest absolute Gasteiger partial charge is 0.462 e. The molecule has 1 aromatic heterocycles. The molecule has 0 radical (unpaired) electrons. The number of halogens is 1. The van der Waals surface area contributed by atoms with Gasteiger partial charge in [-0.05, 0) is 55.6 Å². The van der Waals surface area contributed by atoms with Crippen LogP contribution in [0.1, 0.15) is 33.6 Å². The Hall–Kier alpha value is -1.14. The average Bonchev–Trinajstić information content (AvgIpc) is 2.87. The Morgan fingerprint density at radius 2 is 2.00 bits per heavy atom. The number of nitrogens with zero attached hydrogens (tertiary/aromatic N) is 2. The number of carbonyl (C=O) groups excluding carboxylic acids is 1. The van der Waals surface area contributed by atoms with Crippen LogP contribution in [-0.4, -0.2) is 40.8 Å². The molecule has 6 heteroatoms. The minimum Gasteiger partial charge on any atom is -0.462 e. The summed E-state index contributed by atoms with van der Waals surface area (Å²) in [5.74, 6) is 0.191. The second kappa shape index (κ2) is 6.75. The lowest BCUT2D eigenvalue weighted by Gasteiger charge is -2.29. The number of hydrogen-bond donors (Lipinski definition) is 0. The zero-order chi connectivity index (χ0) is 15.5. The van der Waals surface area contributed by atoms with E-state index in [1.54, 1.807) is 18.5 Å². The first-order valence-corrected chi connectivity index (χ1v) is 7.88. The summed E-state index contributed by atoms with van der Waals surface area (Å²) in [6.07, 6.45) is 4.69. The number of pyridine rings is 1. The van der Waals surface area contributed by atoms with Crippen LogP contribution in [0.2, 0.25) is 0 Å². The summed E-state index contributed by atoms with van der Waals surface area (Å²) in [5, 5.41) is 0. The molecule has 116 valence electrons. The molecule has 5 nitrogen and oxygen atoms in total. The highest BCUT2D eigenvalue weighted by molar-refractivity contribution is 9.10. The monoisotopic (exact) mass is 356 g/mol. The van der Waals surface area contributed by atoms with Gasteiger partial charge in [-0.2, -0.15) is 0 Å². The molecule has 1 unspecified atom stereocenters. The van der Waals surface area contributed by atoms with Crippen LogP contribution in [0.3, 0.4) is 0 Å². The van der Waals surface area contributed by atoms with E-state index in [-0.39, 0.29) is 5.97 Å². The zero-order valence-corrected chi connectivity index (χ0v) is 14.2. The van der Waals surface area contributed by atoms with Crippen LogP contribution < -0.4 is 4.74 Å². The highest BCUT2D eigenvalue weighted by Crippen LogP contribution is 2.22. The summed E-state index contributed by atoms with van der Waals surface area (Å²) >= 11 is 3.35. The van der Waals surface area contributed by atoms with Crippen molar-refractivity contribution in [2.75, 3.05) is 13.1 Å². The van der Waals surface area contributed by atoms with Gasteiger partial charge >= 0.3 is 5.97 Å². The topological polar surface area (TPSA) is 51.7 Å². The maximum Gasteiger partial charge on any atom is 0.363 e. The Kier molecular flexibility index (Phi) is 5.22. The number of esters is 1. The zero-order valence-electron chi connectivity index (χ0n) is 12.6. The van der Waals surface area contributed by atoms with Crippen LogP contribution in [0.5, 0.6) is 5.75 Å². The molecule has 1 aliphatic heterocycles. The van der Waals surface area contributed by atoms with Crippen LogP contribution in [0.15, 0.2) is 22.9 Å². The van der Waals surface area contributed by atoms with E-state index in [9.17, 15) is 4.79 Å². The van der Waals surface area contributed by atoms with Crippen molar-refractivity contribution >= 4 is 21.9 Å². The van der Waals surface area contributed by atoms with Gasteiger partial charge in [0.05, 0.1) is 6.20 Å². The van der Waals surface area contributed by atoms with E-state index >= 15 is 0 Å². The summed E-state index contributed by atoms with van der Waals surface area (Å²) < 4.78 is 12.1. The number of rotatable bonds is 4. The fourth-order valence-corrected chi connectivity index (χ4v) is 2.53. The molecule has 2 rings (SSSR count). The van der Waals surface area contributed by atoms with Crippen LogP contribution >= 0.6 is 15.9 Å². The molecule has 0 aliphatic carbocycles. The highest BCUT2D eigenvalue weighted by Gasteiger charge is 2.33. The number of likely N-dealkylation sites (tertiary alicyclic amines) is 1. The van der Waals surface area contributed by atoms with Crippen molar-refractivity contribution in [1.82, 2.24) is 9.88 Å².